The number of amides is 1. The molecule has 0 aliphatic heterocycles. The highest BCUT2D eigenvalue weighted by molar-refractivity contribution is 5.67. The molecule has 0 saturated heterocycles. The minimum absolute atomic E-state index is 0.391. The summed E-state index contributed by atoms with van der Waals surface area (Å²) in [6, 6.07) is 0. The lowest BCUT2D eigenvalue weighted by Crippen LogP contribution is -2.41. The van der Waals surface area contributed by atoms with Crippen LogP contribution in [0.15, 0.2) is 0 Å². The average Bonchev–Trinajstić information content (AvgIpc) is 2.15. The SMILES string of the molecule is CC(C)(C)OC(=O)NCCN(CCN)CCN. The lowest BCUT2D eigenvalue weighted by atomic mass is 10.2. The number of hydrogen-bond acceptors (Lipinski definition) is 5. The Morgan fingerprint density at radius 1 is 1.18 bits per heavy atom. The minimum atomic E-state index is -0.460. The number of ether oxygens (including phenoxy) is 1. The van der Waals surface area contributed by atoms with Gasteiger partial charge in [0.1, 0.15) is 5.60 Å². The van der Waals surface area contributed by atoms with Gasteiger partial charge in [-0.3, -0.25) is 4.90 Å². The monoisotopic (exact) mass is 246 g/mol. The number of carbonyl (C=O) groups excluding carboxylic acids is 1. The largest absolute Gasteiger partial charge is 0.444 e. The summed E-state index contributed by atoms with van der Waals surface area (Å²) in [5.74, 6) is 0. The van der Waals surface area contributed by atoms with Gasteiger partial charge in [-0.15, -0.1) is 0 Å². The number of rotatable bonds is 7. The zero-order valence-electron chi connectivity index (χ0n) is 11.2. The second-order valence-electron chi connectivity index (χ2n) is 4.85. The van der Waals surface area contributed by atoms with Crippen LogP contribution < -0.4 is 16.8 Å². The summed E-state index contributed by atoms with van der Waals surface area (Å²) in [6.07, 6.45) is -0.391. The summed E-state index contributed by atoms with van der Waals surface area (Å²) >= 11 is 0. The van der Waals surface area contributed by atoms with Gasteiger partial charge < -0.3 is 21.5 Å². The van der Waals surface area contributed by atoms with Crippen molar-refractivity contribution in [3.05, 3.63) is 0 Å². The summed E-state index contributed by atoms with van der Waals surface area (Å²) in [7, 11) is 0. The Kier molecular flexibility index (Phi) is 7.86. The first-order valence-corrected chi connectivity index (χ1v) is 5.98. The van der Waals surface area contributed by atoms with E-state index in [-0.39, 0.29) is 0 Å². The Bertz CT molecular complexity index is 210. The van der Waals surface area contributed by atoms with Crippen LogP contribution in [0.4, 0.5) is 4.79 Å². The van der Waals surface area contributed by atoms with E-state index in [4.69, 9.17) is 16.2 Å². The van der Waals surface area contributed by atoms with E-state index in [0.717, 1.165) is 19.6 Å². The molecule has 0 radical (unpaired) electrons. The fraction of sp³-hybridized carbons (Fsp3) is 0.909. The molecule has 0 unspecified atom stereocenters. The second-order valence-corrected chi connectivity index (χ2v) is 4.85. The van der Waals surface area contributed by atoms with E-state index < -0.39 is 11.7 Å². The third kappa shape index (κ3) is 10.0. The fourth-order valence-corrected chi connectivity index (χ4v) is 1.33. The van der Waals surface area contributed by atoms with Crippen molar-refractivity contribution in [2.75, 3.05) is 39.3 Å². The van der Waals surface area contributed by atoms with Gasteiger partial charge in [0.25, 0.3) is 0 Å². The molecule has 6 heteroatoms. The molecule has 0 saturated carbocycles. The fourth-order valence-electron chi connectivity index (χ4n) is 1.33. The lowest BCUT2D eigenvalue weighted by Gasteiger charge is -2.22. The lowest BCUT2D eigenvalue weighted by molar-refractivity contribution is 0.0522. The maximum atomic E-state index is 11.4. The molecule has 0 bridgehead atoms. The van der Waals surface area contributed by atoms with Crippen molar-refractivity contribution in [1.29, 1.82) is 0 Å². The summed E-state index contributed by atoms with van der Waals surface area (Å²) in [5, 5.41) is 2.70. The highest BCUT2D eigenvalue weighted by Crippen LogP contribution is 2.06. The van der Waals surface area contributed by atoms with Crippen LogP contribution in [0.5, 0.6) is 0 Å². The van der Waals surface area contributed by atoms with Crippen LogP contribution in [0.2, 0.25) is 0 Å². The quantitative estimate of drug-likeness (QED) is 0.575. The number of carbonyl (C=O) groups is 1. The first kappa shape index (κ1) is 16.1. The summed E-state index contributed by atoms with van der Waals surface area (Å²) in [4.78, 5) is 13.5. The van der Waals surface area contributed by atoms with Crippen molar-refractivity contribution < 1.29 is 9.53 Å². The summed E-state index contributed by atoms with van der Waals surface area (Å²) in [5.41, 5.74) is 10.5. The molecule has 17 heavy (non-hydrogen) atoms. The average molecular weight is 246 g/mol. The predicted molar refractivity (Wildman–Crippen MR) is 68.8 cm³/mol. The van der Waals surface area contributed by atoms with Gasteiger partial charge in [-0.2, -0.15) is 0 Å². The molecule has 0 fully saturated rings. The Labute approximate surface area is 104 Å². The topological polar surface area (TPSA) is 93.6 Å². The summed E-state index contributed by atoms with van der Waals surface area (Å²) < 4.78 is 5.12. The zero-order chi connectivity index (χ0) is 13.3. The van der Waals surface area contributed by atoms with Crippen LogP contribution in [0, 0.1) is 0 Å². The van der Waals surface area contributed by atoms with Crippen molar-refractivity contribution in [3.8, 4) is 0 Å². The number of nitrogens with one attached hydrogen (secondary N) is 1. The zero-order valence-corrected chi connectivity index (χ0v) is 11.2. The van der Waals surface area contributed by atoms with Crippen molar-refractivity contribution in [1.82, 2.24) is 10.2 Å². The highest BCUT2D eigenvalue weighted by Gasteiger charge is 2.15. The second kappa shape index (κ2) is 8.27. The third-order valence-corrected chi connectivity index (χ3v) is 1.99. The van der Waals surface area contributed by atoms with Crippen LogP contribution in [0.1, 0.15) is 20.8 Å². The molecule has 0 aliphatic rings. The van der Waals surface area contributed by atoms with E-state index in [9.17, 15) is 4.79 Å². The van der Waals surface area contributed by atoms with Gasteiger partial charge in [0.15, 0.2) is 0 Å². The molecule has 0 aromatic rings. The molecule has 0 aromatic carbocycles. The Balaban J connectivity index is 3.76. The van der Waals surface area contributed by atoms with E-state index in [1.807, 2.05) is 20.8 Å². The first-order chi connectivity index (χ1) is 7.89. The number of hydrogen-bond donors (Lipinski definition) is 3. The maximum Gasteiger partial charge on any atom is 0.407 e. The van der Waals surface area contributed by atoms with E-state index >= 15 is 0 Å². The molecule has 6 nitrogen and oxygen atoms in total. The number of nitrogens with zero attached hydrogens (tertiary/aromatic N) is 1. The third-order valence-electron chi connectivity index (χ3n) is 1.99. The molecule has 5 N–H and O–H groups in total. The normalized spacial score (nSPS) is 11.6. The molecular formula is C11H26N4O2. The van der Waals surface area contributed by atoms with Crippen LogP contribution in [-0.4, -0.2) is 55.9 Å². The maximum absolute atomic E-state index is 11.4. The standard InChI is InChI=1S/C11H26N4O2/c1-11(2,3)17-10(16)14-6-9-15(7-4-12)8-5-13/h4-9,12-13H2,1-3H3,(H,14,16). The van der Waals surface area contributed by atoms with Gasteiger partial charge >= 0.3 is 6.09 Å². The van der Waals surface area contributed by atoms with Crippen molar-refractivity contribution in [3.63, 3.8) is 0 Å². The van der Waals surface area contributed by atoms with E-state index in [1.54, 1.807) is 0 Å². The van der Waals surface area contributed by atoms with Gasteiger partial charge in [-0.05, 0) is 20.8 Å². The van der Waals surface area contributed by atoms with Gasteiger partial charge in [0.05, 0.1) is 0 Å². The van der Waals surface area contributed by atoms with Crippen LogP contribution in [-0.2, 0) is 4.74 Å². The van der Waals surface area contributed by atoms with E-state index in [1.165, 1.54) is 0 Å². The van der Waals surface area contributed by atoms with Gasteiger partial charge in [0.2, 0.25) is 0 Å². The van der Waals surface area contributed by atoms with Crippen molar-refractivity contribution >= 4 is 6.09 Å². The molecule has 0 aliphatic carbocycles. The molecule has 1 amide bonds. The Hall–Kier alpha value is -0.850. The van der Waals surface area contributed by atoms with Crippen LogP contribution in [0.3, 0.4) is 0 Å². The van der Waals surface area contributed by atoms with Crippen molar-refractivity contribution in [2.24, 2.45) is 11.5 Å². The van der Waals surface area contributed by atoms with Crippen LogP contribution >= 0.6 is 0 Å². The summed E-state index contributed by atoms with van der Waals surface area (Å²) in [6.45, 7) is 9.52. The van der Waals surface area contributed by atoms with Gasteiger partial charge in [-0.1, -0.05) is 0 Å². The molecule has 102 valence electrons. The van der Waals surface area contributed by atoms with E-state index in [2.05, 4.69) is 10.2 Å². The minimum Gasteiger partial charge on any atom is -0.444 e. The van der Waals surface area contributed by atoms with Gasteiger partial charge in [0, 0.05) is 39.3 Å². The van der Waals surface area contributed by atoms with E-state index in [0.29, 0.717) is 19.6 Å². The van der Waals surface area contributed by atoms with Crippen molar-refractivity contribution in [2.45, 2.75) is 26.4 Å². The Morgan fingerprint density at radius 2 is 1.71 bits per heavy atom. The predicted octanol–water partition coefficient (Wildman–Crippen LogP) is -0.269. The smallest absolute Gasteiger partial charge is 0.407 e. The number of nitrogens with two attached hydrogens (primary N) is 2. The molecule has 0 rings (SSSR count). The molecular weight excluding hydrogens is 220 g/mol. The molecule has 0 aromatic heterocycles. The Morgan fingerprint density at radius 3 is 2.12 bits per heavy atom. The molecule has 0 heterocycles. The van der Waals surface area contributed by atoms with Crippen LogP contribution in [0.25, 0.3) is 0 Å². The number of alkyl carbamates (subject to hydrolysis) is 1. The molecule has 0 spiro atoms. The van der Waals surface area contributed by atoms with Gasteiger partial charge in [-0.25, -0.2) is 4.79 Å². The molecule has 0 atom stereocenters. The first-order valence-electron chi connectivity index (χ1n) is 5.98. The highest BCUT2D eigenvalue weighted by atomic mass is 16.6.